The zero-order chi connectivity index (χ0) is 18.4. The first-order chi connectivity index (χ1) is 12.7. The second kappa shape index (κ2) is 8.04. The van der Waals surface area contributed by atoms with Crippen LogP contribution in [0.1, 0.15) is 37.3 Å². The second-order valence-corrected chi connectivity index (χ2v) is 6.68. The minimum absolute atomic E-state index is 0.164. The number of amides is 3. The Kier molecular flexibility index (Phi) is 5.56. The minimum atomic E-state index is -0.377. The molecular formula is C21H25N3O2. The molecule has 5 heteroatoms. The van der Waals surface area contributed by atoms with E-state index in [2.05, 4.69) is 47.4 Å². The maximum atomic E-state index is 12.6. The van der Waals surface area contributed by atoms with Crippen LogP contribution in [0.5, 0.6) is 0 Å². The molecule has 0 spiro atoms. The number of carbonyl (C=O) groups excluding carboxylic acids is 2. The quantitative estimate of drug-likeness (QED) is 0.553. The molecule has 0 unspecified atom stereocenters. The van der Waals surface area contributed by atoms with Gasteiger partial charge in [0.25, 0.3) is 0 Å². The summed E-state index contributed by atoms with van der Waals surface area (Å²) >= 11 is 0. The van der Waals surface area contributed by atoms with E-state index in [-0.39, 0.29) is 23.3 Å². The lowest BCUT2D eigenvalue weighted by Crippen LogP contribution is -2.48. The molecule has 1 atom stereocenters. The van der Waals surface area contributed by atoms with Gasteiger partial charge in [-0.3, -0.25) is 10.2 Å². The van der Waals surface area contributed by atoms with E-state index in [1.54, 1.807) is 0 Å². The van der Waals surface area contributed by atoms with Crippen LogP contribution in [-0.2, 0) is 10.2 Å². The Bertz CT molecular complexity index is 707. The van der Waals surface area contributed by atoms with Crippen LogP contribution >= 0.6 is 0 Å². The summed E-state index contributed by atoms with van der Waals surface area (Å²) < 4.78 is 0. The Hall–Kier alpha value is -2.82. The lowest BCUT2D eigenvalue weighted by atomic mass is 9.85. The highest BCUT2D eigenvalue weighted by Gasteiger charge is 2.60. The molecule has 26 heavy (non-hydrogen) atoms. The molecule has 2 aromatic carbocycles. The van der Waals surface area contributed by atoms with E-state index in [1.807, 2.05) is 36.4 Å². The van der Waals surface area contributed by atoms with Crippen molar-refractivity contribution in [3.63, 3.8) is 0 Å². The molecule has 1 aliphatic carbocycles. The first kappa shape index (κ1) is 18.0. The van der Waals surface area contributed by atoms with Gasteiger partial charge in [0.15, 0.2) is 0 Å². The Morgan fingerprint density at radius 3 is 2.08 bits per heavy atom. The molecule has 3 N–H and O–H groups in total. The van der Waals surface area contributed by atoms with Gasteiger partial charge >= 0.3 is 6.03 Å². The highest BCUT2D eigenvalue weighted by molar-refractivity contribution is 5.87. The third-order valence-electron chi connectivity index (χ3n) is 4.97. The van der Waals surface area contributed by atoms with Gasteiger partial charge in [-0.05, 0) is 24.0 Å². The van der Waals surface area contributed by atoms with Crippen LogP contribution in [0.4, 0.5) is 4.79 Å². The van der Waals surface area contributed by atoms with Crippen molar-refractivity contribution in [2.75, 3.05) is 6.54 Å². The molecule has 0 bridgehead atoms. The molecule has 5 nitrogen and oxygen atoms in total. The van der Waals surface area contributed by atoms with Crippen molar-refractivity contribution in [1.82, 2.24) is 16.2 Å². The van der Waals surface area contributed by atoms with Crippen molar-refractivity contribution in [1.29, 1.82) is 0 Å². The first-order valence-corrected chi connectivity index (χ1v) is 9.13. The van der Waals surface area contributed by atoms with Crippen molar-refractivity contribution in [2.24, 2.45) is 5.92 Å². The molecule has 0 aliphatic heterocycles. The summed E-state index contributed by atoms with van der Waals surface area (Å²) in [5.74, 6) is -0.369. The Balaban J connectivity index is 1.68. The van der Waals surface area contributed by atoms with E-state index < -0.39 is 0 Å². The molecule has 1 saturated carbocycles. The molecule has 0 saturated heterocycles. The number of unbranched alkanes of at least 4 members (excludes halogenated alkanes) is 1. The van der Waals surface area contributed by atoms with Crippen LogP contribution in [0.2, 0.25) is 0 Å². The Morgan fingerprint density at radius 1 is 0.962 bits per heavy atom. The van der Waals surface area contributed by atoms with E-state index in [9.17, 15) is 9.59 Å². The third-order valence-corrected chi connectivity index (χ3v) is 4.97. The predicted molar refractivity (Wildman–Crippen MR) is 101 cm³/mol. The van der Waals surface area contributed by atoms with Crippen molar-refractivity contribution in [3.05, 3.63) is 71.8 Å². The Labute approximate surface area is 154 Å². The number of carbonyl (C=O) groups is 2. The van der Waals surface area contributed by atoms with E-state index in [4.69, 9.17) is 0 Å². The van der Waals surface area contributed by atoms with Crippen LogP contribution in [0.3, 0.4) is 0 Å². The van der Waals surface area contributed by atoms with Crippen LogP contribution in [-0.4, -0.2) is 18.5 Å². The van der Waals surface area contributed by atoms with Gasteiger partial charge in [0.2, 0.25) is 5.91 Å². The lowest BCUT2D eigenvalue weighted by Gasteiger charge is -2.19. The zero-order valence-corrected chi connectivity index (χ0v) is 15.0. The van der Waals surface area contributed by atoms with Gasteiger partial charge in [0.05, 0.1) is 5.92 Å². The van der Waals surface area contributed by atoms with Gasteiger partial charge < -0.3 is 5.32 Å². The van der Waals surface area contributed by atoms with Gasteiger partial charge in [-0.1, -0.05) is 74.0 Å². The van der Waals surface area contributed by atoms with Crippen molar-refractivity contribution >= 4 is 11.9 Å². The first-order valence-electron chi connectivity index (χ1n) is 9.13. The number of rotatable bonds is 6. The number of nitrogens with one attached hydrogen (secondary N) is 3. The van der Waals surface area contributed by atoms with E-state index in [0.29, 0.717) is 6.54 Å². The second-order valence-electron chi connectivity index (χ2n) is 6.68. The minimum Gasteiger partial charge on any atom is -0.337 e. The van der Waals surface area contributed by atoms with Crippen LogP contribution in [0, 0.1) is 5.92 Å². The fourth-order valence-corrected chi connectivity index (χ4v) is 3.48. The van der Waals surface area contributed by atoms with Crippen molar-refractivity contribution in [3.8, 4) is 0 Å². The normalized spacial score (nSPS) is 17.2. The molecule has 1 aliphatic rings. The molecule has 0 heterocycles. The fraction of sp³-hybridized carbons (Fsp3) is 0.333. The average Bonchev–Trinajstić information content (AvgIpc) is 3.45. The third kappa shape index (κ3) is 3.72. The summed E-state index contributed by atoms with van der Waals surface area (Å²) in [5.41, 5.74) is 6.94. The standard InChI is InChI=1S/C21H25N3O2/c1-2-3-14-22-20(26)24-23-19(25)18-15-21(18,16-10-6-4-7-11-16)17-12-8-5-9-13-17/h4-13,18H,2-3,14-15H2,1H3,(H,23,25)(H2,22,24,26)/t18-/m0/s1. The van der Waals surface area contributed by atoms with E-state index in [0.717, 1.165) is 30.4 Å². The van der Waals surface area contributed by atoms with Crippen LogP contribution in [0.15, 0.2) is 60.7 Å². The summed E-state index contributed by atoms with van der Waals surface area (Å²) in [6.45, 7) is 2.65. The van der Waals surface area contributed by atoms with Gasteiger partial charge in [0.1, 0.15) is 0 Å². The van der Waals surface area contributed by atoms with Gasteiger partial charge in [0, 0.05) is 12.0 Å². The predicted octanol–water partition coefficient (Wildman–Crippen LogP) is 3.12. The topological polar surface area (TPSA) is 70.2 Å². The van der Waals surface area contributed by atoms with Crippen molar-refractivity contribution < 1.29 is 9.59 Å². The molecule has 3 amide bonds. The summed E-state index contributed by atoms with van der Waals surface area (Å²) in [6.07, 6.45) is 2.65. The Morgan fingerprint density at radius 2 is 1.54 bits per heavy atom. The molecule has 2 aromatic rings. The van der Waals surface area contributed by atoms with E-state index in [1.165, 1.54) is 0 Å². The van der Waals surface area contributed by atoms with E-state index >= 15 is 0 Å². The maximum absolute atomic E-state index is 12.6. The number of urea groups is 1. The molecule has 136 valence electrons. The number of hydrogen-bond donors (Lipinski definition) is 3. The van der Waals surface area contributed by atoms with Gasteiger partial charge in [-0.25, -0.2) is 10.2 Å². The number of benzene rings is 2. The van der Waals surface area contributed by atoms with Crippen molar-refractivity contribution in [2.45, 2.75) is 31.6 Å². The molecule has 0 aromatic heterocycles. The zero-order valence-electron chi connectivity index (χ0n) is 15.0. The monoisotopic (exact) mass is 351 g/mol. The highest BCUT2D eigenvalue weighted by atomic mass is 16.2. The smallest absolute Gasteiger partial charge is 0.333 e. The van der Waals surface area contributed by atoms with Crippen LogP contribution < -0.4 is 16.2 Å². The van der Waals surface area contributed by atoms with Gasteiger partial charge in [-0.2, -0.15) is 0 Å². The SMILES string of the molecule is CCCCNC(=O)NNC(=O)[C@@H]1CC1(c1ccccc1)c1ccccc1. The number of hydrazine groups is 1. The summed E-state index contributed by atoms with van der Waals surface area (Å²) in [6, 6.07) is 19.8. The molecule has 1 fully saturated rings. The largest absolute Gasteiger partial charge is 0.337 e. The summed E-state index contributed by atoms with van der Waals surface area (Å²) in [7, 11) is 0. The van der Waals surface area contributed by atoms with Gasteiger partial charge in [-0.15, -0.1) is 0 Å². The average molecular weight is 351 g/mol. The number of hydrogen-bond acceptors (Lipinski definition) is 2. The highest BCUT2D eigenvalue weighted by Crippen LogP contribution is 2.58. The molecule has 3 rings (SSSR count). The lowest BCUT2D eigenvalue weighted by molar-refractivity contribution is -0.123. The molecule has 0 radical (unpaired) electrons. The molecular weight excluding hydrogens is 326 g/mol. The maximum Gasteiger partial charge on any atom is 0.333 e. The summed E-state index contributed by atoms with van der Waals surface area (Å²) in [4.78, 5) is 24.4. The fourth-order valence-electron chi connectivity index (χ4n) is 3.48. The summed E-state index contributed by atoms with van der Waals surface area (Å²) in [5, 5.41) is 2.72. The van der Waals surface area contributed by atoms with Crippen LogP contribution in [0.25, 0.3) is 0 Å².